The third-order valence-electron chi connectivity index (χ3n) is 4.31. The lowest BCUT2D eigenvalue weighted by atomic mass is 10.0. The molecule has 27 heavy (non-hydrogen) atoms. The van der Waals surface area contributed by atoms with E-state index in [2.05, 4.69) is 15.5 Å². The maximum absolute atomic E-state index is 12.9. The largest absolute Gasteiger partial charge is 0.494 e. The standard InChI is InChI=1S/C20H22N4O2S/c1-12-6-8-14(3)16(10-12)19(25)15(4)27-20-21-22-23-24(20)17-11-13(2)7-9-18(17)26-5/h6-11,15H,1-5H3/t15-/m1/s1. The third-order valence-corrected chi connectivity index (χ3v) is 5.35. The zero-order chi connectivity index (χ0) is 19.6. The van der Waals surface area contributed by atoms with Crippen molar-refractivity contribution in [1.29, 1.82) is 0 Å². The number of ketones is 1. The van der Waals surface area contributed by atoms with Crippen molar-refractivity contribution in [3.05, 3.63) is 58.7 Å². The summed E-state index contributed by atoms with van der Waals surface area (Å²) >= 11 is 1.34. The molecule has 0 amide bonds. The van der Waals surface area contributed by atoms with Crippen LogP contribution in [0.5, 0.6) is 5.75 Å². The van der Waals surface area contributed by atoms with Gasteiger partial charge in [-0.05, 0) is 67.4 Å². The van der Waals surface area contributed by atoms with Gasteiger partial charge in [0.05, 0.1) is 12.4 Å². The highest BCUT2D eigenvalue weighted by molar-refractivity contribution is 8.00. The van der Waals surface area contributed by atoms with E-state index >= 15 is 0 Å². The van der Waals surface area contributed by atoms with Crippen molar-refractivity contribution in [2.24, 2.45) is 0 Å². The first-order chi connectivity index (χ1) is 12.9. The molecule has 0 saturated heterocycles. The van der Waals surface area contributed by atoms with E-state index in [1.54, 1.807) is 11.8 Å². The average Bonchev–Trinajstić information content (AvgIpc) is 3.11. The third kappa shape index (κ3) is 4.03. The maximum atomic E-state index is 12.9. The zero-order valence-electron chi connectivity index (χ0n) is 16.1. The van der Waals surface area contributed by atoms with E-state index in [0.717, 1.165) is 27.9 Å². The van der Waals surface area contributed by atoms with Gasteiger partial charge in [-0.1, -0.05) is 35.5 Å². The lowest BCUT2D eigenvalue weighted by Crippen LogP contribution is -2.16. The van der Waals surface area contributed by atoms with Crippen LogP contribution in [0.4, 0.5) is 0 Å². The number of nitrogens with zero attached hydrogens (tertiary/aromatic N) is 4. The fraction of sp³-hybridized carbons (Fsp3) is 0.300. The number of carbonyl (C=O) groups is 1. The Morgan fingerprint density at radius 3 is 2.56 bits per heavy atom. The number of Topliss-reactive ketones (excluding diaryl/α,β-unsaturated/α-hetero) is 1. The second-order valence-corrected chi connectivity index (χ2v) is 7.80. The zero-order valence-corrected chi connectivity index (χ0v) is 16.9. The number of carbonyl (C=O) groups excluding carboxylic acids is 1. The summed E-state index contributed by atoms with van der Waals surface area (Å²) in [4.78, 5) is 12.9. The molecule has 1 aromatic heterocycles. The molecule has 2 aromatic carbocycles. The van der Waals surface area contributed by atoms with Gasteiger partial charge >= 0.3 is 0 Å². The molecule has 140 valence electrons. The number of methoxy groups -OCH3 is 1. The van der Waals surface area contributed by atoms with Crippen LogP contribution in [0.15, 0.2) is 41.6 Å². The Morgan fingerprint density at radius 1 is 1.11 bits per heavy atom. The molecule has 1 heterocycles. The monoisotopic (exact) mass is 382 g/mol. The summed E-state index contributed by atoms with van der Waals surface area (Å²) < 4.78 is 7.05. The van der Waals surface area contributed by atoms with Gasteiger partial charge < -0.3 is 4.74 Å². The fourth-order valence-corrected chi connectivity index (χ4v) is 3.67. The Kier molecular flexibility index (Phi) is 5.60. The number of benzene rings is 2. The average molecular weight is 382 g/mol. The summed E-state index contributed by atoms with van der Waals surface area (Å²) in [6, 6.07) is 11.7. The number of tetrazole rings is 1. The Hall–Kier alpha value is -2.67. The molecule has 0 unspecified atom stereocenters. The highest BCUT2D eigenvalue weighted by atomic mass is 32.2. The van der Waals surface area contributed by atoms with Crippen LogP contribution >= 0.6 is 11.8 Å². The van der Waals surface area contributed by atoms with Crippen LogP contribution in [0.2, 0.25) is 0 Å². The van der Waals surface area contributed by atoms with E-state index in [9.17, 15) is 4.79 Å². The van der Waals surface area contributed by atoms with Gasteiger partial charge in [-0.15, -0.1) is 5.10 Å². The van der Waals surface area contributed by atoms with Crippen LogP contribution in [-0.4, -0.2) is 38.4 Å². The van der Waals surface area contributed by atoms with Crippen molar-refractivity contribution in [1.82, 2.24) is 20.2 Å². The van der Waals surface area contributed by atoms with Crippen LogP contribution in [-0.2, 0) is 0 Å². The van der Waals surface area contributed by atoms with E-state index in [0.29, 0.717) is 10.9 Å². The lowest BCUT2D eigenvalue weighted by Gasteiger charge is -2.14. The molecule has 1 atom stereocenters. The molecule has 0 radical (unpaired) electrons. The molecular weight excluding hydrogens is 360 g/mol. The minimum Gasteiger partial charge on any atom is -0.494 e. The molecule has 3 rings (SSSR count). The predicted octanol–water partition coefficient (Wildman–Crippen LogP) is 3.96. The molecule has 6 nitrogen and oxygen atoms in total. The number of hydrogen-bond donors (Lipinski definition) is 0. The Labute approximate surface area is 162 Å². The number of rotatable bonds is 6. The van der Waals surface area contributed by atoms with Gasteiger partial charge in [0.25, 0.3) is 0 Å². The molecule has 0 aliphatic rings. The maximum Gasteiger partial charge on any atom is 0.214 e. The molecule has 0 N–H and O–H groups in total. The molecule has 0 fully saturated rings. The van der Waals surface area contributed by atoms with Gasteiger partial charge in [-0.2, -0.15) is 4.68 Å². The van der Waals surface area contributed by atoms with Gasteiger partial charge in [0.15, 0.2) is 5.78 Å². The number of ether oxygens (including phenoxy) is 1. The summed E-state index contributed by atoms with van der Waals surface area (Å²) in [5.74, 6) is 0.732. The Balaban J connectivity index is 1.90. The molecule has 0 spiro atoms. The molecule has 3 aromatic rings. The second-order valence-electron chi connectivity index (χ2n) is 6.49. The quantitative estimate of drug-likeness (QED) is 0.475. The molecule has 7 heteroatoms. The first kappa shape index (κ1) is 19.1. The van der Waals surface area contributed by atoms with Crippen molar-refractivity contribution < 1.29 is 9.53 Å². The van der Waals surface area contributed by atoms with Gasteiger partial charge in [-0.25, -0.2) is 0 Å². The summed E-state index contributed by atoms with van der Waals surface area (Å²) in [6.07, 6.45) is 0. The van der Waals surface area contributed by atoms with Crippen LogP contribution < -0.4 is 4.74 Å². The van der Waals surface area contributed by atoms with Crippen LogP contribution in [0.25, 0.3) is 5.69 Å². The Morgan fingerprint density at radius 2 is 1.81 bits per heavy atom. The van der Waals surface area contributed by atoms with E-state index in [4.69, 9.17) is 4.74 Å². The highest BCUT2D eigenvalue weighted by Crippen LogP contribution is 2.30. The SMILES string of the molecule is COc1ccc(C)cc1-n1nnnc1S[C@H](C)C(=O)c1cc(C)ccc1C. The van der Waals surface area contributed by atoms with Crippen LogP contribution in [0, 0.1) is 20.8 Å². The second kappa shape index (κ2) is 7.92. The molecule has 0 bridgehead atoms. The molecule has 0 aliphatic carbocycles. The highest BCUT2D eigenvalue weighted by Gasteiger charge is 2.22. The lowest BCUT2D eigenvalue weighted by molar-refractivity contribution is 0.0993. The van der Waals surface area contributed by atoms with E-state index in [-0.39, 0.29) is 11.0 Å². The van der Waals surface area contributed by atoms with Crippen molar-refractivity contribution in [2.45, 2.75) is 38.1 Å². The first-order valence-electron chi connectivity index (χ1n) is 8.62. The minimum atomic E-state index is -0.328. The van der Waals surface area contributed by atoms with E-state index in [1.807, 2.05) is 64.1 Å². The molecular formula is C20H22N4O2S. The topological polar surface area (TPSA) is 69.9 Å². The van der Waals surface area contributed by atoms with Crippen LogP contribution in [0.3, 0.4) is 0 Å². The predicted molar refractivity (Wildman–Crippen MR) is 106 cm³/mol. The summed E-state index contributed by atoms with van der Waals surface area (Å²) in [7, 11) is 1.61. The number of hydrogen-bond acceptors (Lipinski definition) is 6. The van der Waals surface area contributed by atoms with Crippen molar-refractivity contribution in [3.63, 3.8) is 0 Å². The van der Waals surface area contributed by atoms with Crippen molar-refractivity contribution in [2.75, 3.05) is 7.11 Å². The van der Waals surface area contributed by atoms with Gasteiger partial charge in [0, 0.05) is 5.56 Å². The van der Waals surface area contributed by atoms with Gasteiger partial charge in [0.1, 0.15) is 11.4 Å². The number of aromatic nitrogens is 4. The molecule has 0 aliphatic heterocycles. The summed E-state index contributed by atoms with van der Waals surface area (Å²) in [6.45, 7) is 7.80. The fourth-order valence-electron chi connectivity index (χ4n) is 2.80. The van der Waals surface area contributed by atoms with Gasteiger partial charge in [-0.3, -0.25) is 4.79 Å². The number of aryl methyl sites for hydroxylation is 3. The normalized spacial score (nSPS) is 12.0. The smallest absolute Gasteiger partial charge is 0.214 e. The number of thioether (sulfide) groups is 1. The summed E-state index contributed by atoms with van der Waals surface area (Å²) in [5.41, 5.74) is 4.59. The summed E-state index contributed by atoms with van der Waals surface area (Å²) in [5, 5.41) is 12.2. The van der Waals surface area contributed by atoms with Gasteiger partial charge in [0.2, 0.25) is 5.16 Å². The van der Waals surface area contributed by atoms with E-state index < -0.39 is 0 Å². The van der Waals surface area contributed by atoms with E-state index in [1.165, 1.54) is 11.8 Å². The van der Waals surface area contributed by atoms with Crippen molar-refractivity contribution >= 4 is 17.5 Å². The van der Waals surface area contributed by atoms with Crippen LogP contribution in [0.1, 0.15) is 34.0 Å². The minimum absolute atomic E-state index is 0.0620. The van der Waals surface area contributed by atoms with Crippen molar-refractivity contribution in [3.8, 4) is 11.4 Å². The molecule has 0 saturated carbocycles. The first-order valence-corrected chi connectivity index (χ1v) is 9.50. The Bertz CT molecular complexity index is 984.